The van der Waals surface area contributed by atoms with E-state index >= 15 is 0 Å². The molecule has 42 heavy (non-hydrogen) atoms. The Morgan fingerprint density at radius 2 is 1.88 bits per heavy atom. The lowest BCUT2D eigenvalue weighted by atomic mass is 9.92. The second-order valence-corrected chi connectivity index (χ2v) is 10.9. The highest BCUT2D eigenvalue weighted by Crippen LogP contribution is 2.24. The van der Waals surface area contributed by atoms with Crippen LogP contribution in [0.2, 0.25) is 0 Å². The molecule has 2 atom stereocenters. The lowest BCUT2D eigenvalue weighted by molar-refractivity contribution is -0.138. The van der Waals surface area contributed by atoms with Crippen LogP contribution in [-0.2, 0) is 14.4 Å². The maximum atomic E-state index is 13.3. The number of carboxylic acids is 1. The van der Waals surface area contributed by atoms with Gasteiger partial charge in [-0.25, -0.2) is 4.39 Å². The van der Waals surface area contributed by atoms with Gasteiger partial charge in [0.05, 0.1) is 18.4 Å². The predicted molar refractivity (Wildman–Crippen MR) is 155 cm³/mol. The summed E-state index contributed by atoms with van der Waals surface area (Å²) >= 11 is 0. The van der Waals surface area contributed by atoms with Gasteiger partial charge in [-0.3, -0.25) is 19.4 Å². The van der Waals surface area contributed by atoms with Gasteiger partial charge in [0.1, 0.15) is 19.0 Å². The minimum absolute atomic E-state index is 0.00665. The number of pyridine rings is 1. The molecule has 224 valence electrons. The van der Waals surface area contributed by atoms with Crippen LogP contribution in [0.4, 0.5) is 4.39 Å². The highest BCUT2D eigenvalue weighted by molar-refractivity contribution is 5.82. The molecule has 1 aromatic carbocycles. The molecule has 2 amide bonds. The Balaban J connectivity index is 1.37. The Bertz CT molecular complexity index is 1270. The number of nitrogens with zero attached hydrogens (tertiary/aromatic N) is 2. The molecule has 3 heterocycles. The minimum Gasteiger partial charge on any atom is -0.491 e. The number of rotatable bonds is 11. The van der Waals surface area contributed by atoms with Crippen molar-refractivity contribution >= 4 is 17.8 Å². The van der Waals surface area contributed by atoms with E-state index in [-0.39, 0.29) is 24.8 Å². The van der Waals surface area contributed by atoms with Crippen LogP contribution in [0.25, 0.3) is 0 Å². The Hall–Kier alpha value is -3.97. The van der Waals surface area contributed by atoms with Crippen molar-refractivity contribution < 1.29 is 28.6 Å². The molecule has 4 rings (SSSR count). The molecular weight excluding hydrogens is 539 g/mol. The van der Waals surface area contributed by atoms with Gasteiger partial charge < -0.3 is 25.4 Å². The molecule has 0 spiro atoms. The number of benzene rings is 1. The Morgan fingerprint density at radius 3 is 2.62 bits per heavy atom. The van der Waals surface area contributed by atoms with Crippen molar-refractivity contribution in [1.82, 2.24) is 20.5 Å². The maximum absolute atomic E-state index is 13.3. The molecular formula is C32H39FN4O5. The summed E-state index contributed by atoms with van der Waals surface area (Å²) in [5.74, 6) is 5.55. The molecule has 2 saturated heterocycles. The number of halogens is 1. The Morgan fingerprint density at radius 1 is 1.12 bits per heavy atom. The Kier molecular flexibility index (Phi) is 11.7. The van der Waals surface area contributed by atoms with Crippen LogP contribution in [-0.4, -0.2) is 72.2 Å². The van der Waals surface area contributed by atoms with Gasteiger partial charge in [0, 0.05) is 43.0 Å². The zero-order valence-corrected chi connectivity index (χ0v) is 23.8. The van der Waals surface area contributed by atoms with Crippen LogP contribution >= 0.6 is 0 Å². The van der Waals surface area contributed by atoms with Crippen molar-refractivity contribution in [2.45, 2.75) is 51.0 Å². The highest BCUT2D eigenvalue weighted by Gasteiger charge is 2.30. The van der Waals surface area contributed by atoms with Crippen LogP contribution in [0.15, 0.2) is 42.7 Å². The van der Waals surface area contributed by atoms with Crippen molar-refractivity contribution in [3.05, 3.63) is 59.4 Å². The molecule has 0 radical (unpaired) electrons. The summed E-state index contributed by atoms with van der Waals surface area (Å²) in [5.41, 5.74) is 1.83. The summed E-state index contributed by atoms with van der Waals surface area (Å²) in [6.45, 7) is 2.42. The van der Waals surface area contributed by atoms with E-state index in [9.17, 15) is 23.9 Å². The third-order valence-corrected chi connectivity index (χ3v) is 7.78. The summed E-state index contributed by atoms with van der Waals surface area (Å²) in [6, 6.07) is 7.88. The lowest BCUT2D eigenvalue weighted by Gasteiger charge is -2.33. The van der Waals surface area contributed by atoms with E-state index in [1.807, 2.05) is 0 Å². The maximum Gasteiger partial charge on any atom is 0.305 e. The fourth-order valence-corrected chi connectivity index (χ4v) is 5.44. The monoisotopic (exact) mass is 578 g/mol. The van der Waals surface area contributed by atoms with E-state index in [1.165, 1.54) is 6.20 Å². The number of ether oxygens (including phenoxy) is 1. The zero-order valence-electron chi connectivity index (χ0n) is 23.8. The van der Waals surface area contributed by atoms with Crippen molar-refractivity contribution in [1.29, 1.82) is 0 Å². The molecule has 2 aliphatic heterocycles. The van der Waals surface area contributed by atoms with Crippen LogP contribution < -0.4 is 15.4 Å². The summed E-state index contributed by atoms with van der Waals surface area (Å²) in [5, 5.41) is 15.8. The van der Waals surface area contributed by atoms with Crippen molar-refractivity contribution in [2.75, 3.05) is 39.5 Å². The van der Waals surface area contributed by atoms with Crippen molar-refractivity contribution in [3.63, 3.8) is 0 Å². The number of piperidine rings is 2. The standard InChI is InChI=1S/C32H39FN4O5/c33-13-17-42-28-8-5-23(6-9-28)3-4-25-18-27(21-35-20-25)29(19-31(39)40)36-32(41)26-2-1-16-37(22-26)30(38)10-7-24-11-14-34-15-12-24/h5-6,8-9,18,20-21,24,26,29,34H,1-2,7,10-17,19,22H2,(H,36,41)(H,39,40). The number of nitrogens with one attached hydrogen (secondary N) is 2. The smallest absolute Gasteiger partial charge is 0.305 e. The normalized spacial score (nSPS) is 17.9. The average Bonchev–Trinajstić information content (AvgIpc) is 3.02. The van der Waals surface area contributed by atoms with Crippen LogP contribution in [0.3, 0.4) is 0 Å². The summed E-state index contributed by atoms with van der Waals surface area (Å²) in [6.07, 6.45) is 7.74. The zero-order chi connectivity index (χ0) is 29.7. The van der Waals surface area contributed by atoms with E-state index in [1.54, 1.807) is 41.4 Å². The Labute approximate surface area is 246 Å². The van der Waals surface area contributed by atoms with E-state index in [2.05, 4.69) is 27.5 Å². The van der Waals surface area contributed by atoms with Gasteiger partial charge in [-0.2, -0.15) is 0 Å². The van der Waals surface area contributed by atoms with Crippen molar-refractivity contribution in [3.8, 4) is 17.6 Å². The van der Waals surface area contributed by atoms with E-state index in [4.69, 9.17) is 4.74 Å². The van der Waals surface area contributed by atoms with Crippen LogP contribution in [0.5, 0.6) is 5.75 Å². The quantitative estimate of drug-likeness (QED) is 0.349. The van der Waals surface area contributed by atoms with Gasteiger partial charge in [-0.05, 0) is 87.0 Å². The molecule has 2 aliphatic rings. The molecule has 0 bridgehead atoms. The first-order valence-corrected chi connectivity index (χ1v) is 14.7. The van der Waals surface area contributed by atoms with Gasteiger partial charge in [0.2, 0.25) is 11.8 Å². The number of aliphatic carboxylic acids is 1. The molecule has 3 N–H and O–H groups in total. The van der Waals surface area contributed by atoms with Crippen molar-refractivity contribution in [2.24, 2.45) is 11.8 Å². The number of carboxylic acid groups (broad SMARTS) is 1. The third-order valence-electron chi connectivity index (χ3n) is 7.78. The first-order valence-electron chi connectivity index (χ1n) is 14.7. The summed E-state index contributed by atoms with van der Waals surface area (Å²) < 4.78 is 17.5. The van der Waals surface area contributed by atoms with Gasteiger partial charge >= 0.3 is 5.97 Å². The fraction of sp³-hybridized carbons (Fsp3) is 0.500. The fourth-order valence-electron chi connectivity index (χ4n) is 5.44. The van der Waals surface area contributed by atoms with E-state index in [0.29, 0.717) is 48.7 Å². The number of aromatic nitrogens is 1. The van der Waals surface area contributed by atoms with Gasteiger partial charge in [-0.15, -0.1) is 0 Å². The number of hydrogen-bond donors (Lipinski definition) is 3. The molecule has 2 aromatic rings. The number of carbonyl (C=O) groups excluding carboxylic acids is 2. The minimum atomic E-state index is -1.05. The van der Waals surface area contributed by atoms with Gasteiger partial charge in [0.25, 0.3) is 0 Å². The molecule has 9 nitrogen and oxygen atoms in total. The number of amides is 2. The van der Waals surface area contributed by atoms with Crippen LogP contribution in [0, 0.1) is 23.7 Å². The number of likely N-dealkylation sites (tertiary alicyclic amines) is 1. The molecule has 2 unspecified atom stereocenters. The first kappa shape index (κ1) is 31.0. The number of alkyl halides is 1. The van der Waals surface area contributed by atoms with E-state index < -0.39 is 24.6 Å². The lowest BCUT2D eigenvalue weighted by Crippen LogP contribution is -2.46. The largest absolute Gasteiger partial charge is 0.491 e. The van der Waals surface area contributed by atoms with E-state index in [0.717, 1.165) is 44.3 Å². The summed E-state index contributed by atoms with van der Waals surface area (Å²) in [7, 11) is 0. The molecule has 10 heteroatoms. The van der Waals surface area contributed by atoms with Crippen LogP contribution in [0.1, 0.15) is 67.7 Å². The highest BCUT2D eigenvalue weighted by atomic mass is 19.1. The topological polar surface area (TPSA) is 121 Å². The second kappa shape index (κ2) is 15.9. The first-order chi connectivity index (χ1) is 20.4. The molecule has 2 fully saturated rings. The molecule has 0 saturated carbocycles. The summed E-state index contributed by atoms with van der Waals surface area (Å²) in [4.78, 5) is 43.9. The third kappa shape index (κ3) is 9.55. The SMILES string of the molecule is O=C(O)CC(NC(=O)C1CCCN(C(=O)CCC2CCNCC2)C1)c1cncc(C#Cc2ccc(OCCF)cc2)c1. The molecule has 0 aliphatic carbocycles. The average molecular weight is 579 g/mol. The molecule has 1 aromatic heterocycles. The number of hydrogen-bond acceptors (Lipinski definition) is 6. The predicted octanol–water partition coefficient (Wildman–Crippen LogP) is 3.48. The number of carbonyl (C=O) groups is 3. The van der Waals surface area contributed by atoms with Gasteiger partial charge in [-0.1, -0.05) is 11.8 Å². The van der Waals surface area contributed by atoms with Gasteiger partial charge in [0.15, 0.2) is 0 Å². The second-order valence-electron chi connectivity index (χ2n) is 10.9.